The number of aliphatic hydroxyl groups is 2. The van der Waals surface area contributed by atoms with E-state index in [1.165, 1.54) is 7.11 Å². The molecule has 3 rings (SSSR count). The maximum atomic E-state index is 10.8. The summed E-state index contributed by atoms with van der Waals surface area (Å²) in [5.74, 6) is -1.18. The van der Waals surface area contributed by atoms with Gasteiger partial charge in [0.2, 0.25) is 0 Å². The quantitative estimate of drug-likeness (QED) is 0.723. The molecule has 0 spiro atoms. The lowest BCUT2D eigenvalue weighted by Gasteiger charge is -2.49. The van der Waals surface area contributed by atoms with Gasteiger partial charge in [0.05, 0.1) is 19.8 Å². The summed E-state index contributed by atoms with van der Waals surface area (Å²) in [5, 5.41) is 20.4. The van der Waals surface area contributed by atoms with Crippen LogP contribution in [0.15, 0.2) is 60.7 Å². The first-order valence-corrected chi connectivity index (χ1v) is 9.40. The standard InChI is InChI=1S/C22H28O6/c1-22(25-2)21(27-15-17-11-7-4-8-12-17)20(19(24)18(13-23)28-22)26-14-16-9-5-3-6-10-16/h3-12,18-21,23-24H,13-15H2,1-2H3/t18-,19-,20+,21-,22-/m1/s1. The van der Waals surface area contributed by atoms with E-state index < -0.39 is 30.2 Å². The molecule has 1 aliphatic rings. The Hall–Kier alpha value is -1.80. The molecule has 152 valence electrons. The monoisotopic (exact) mass is 388 g/mol. The molecule has 0 aromatic heterocycles. The normalized spacial score (nSPS) is 30.3. The molecule has 2 N–H and O–H groups in total. The zero-order valence-electron chi connectivity index (χ0n) is 16.2. The zero-order chi connectivity index (χ0) is 20.0. The summed E-state index contributed by atoms with van der Waals surface area (Å²) in [6.45, 7) is 1.99. The number of hydrogen-bond donors (Lipinski definition) is 2. The van der Waals surface area contributed by atoms with Crippen molar-refractivity contribution in [2.24, 2.45) is 0 Å². The molecule has 0 bridgehead atoms. The molecule has 2 aromatic rings. The topological polar surface area (TPSA) is 77.4 Å². The lowest BCUT2D eigenvalue weighted by Crippen LogP contribution is -2.66. The van der Waals surface area contributed by atoms with E-state index in [2.05, 4.69) is 0 Å². The van der Waals surface area contributed by atoms with Gasteiger partial charge in [0.25, 0.3) is 0 Å². The van der Waals surface area contributed by atoms with Gasteiger partial charge in [0.1, 0.15) is 24.4 Å². The molecule has 0 aliphatic carbocycles. The Bertz CT molecular complexity index is 709. The second-order valence-electron chi connectivity index (χ2n) is 7.03. The van der Waals surface area contributed by atoms with Gasteiger partial charge in [0, 0.05) is 7.11 Å². The van der Waals surface area contributed by atoms with Crippen LogP contribution < -0.4 is 0 Å². The van der Waals surface area contributed by atoms with Crippen molar-refractivity contribution in [3.63, 3.8) is 0 Å². The van der Waals surface area contributed by atoms with Gasteiger partial charge in [-0.05, 0) is 18.1 Å². The minimum absolute atomic E-state index is 0.297. The van der Waals surface area contributed by atoms with Crippen molar-refractivity contribution in [3.8, 4) is 0 Å². The Balaban J connectivity index is 1.80. The second-order valence-corrected chi connectivity index (χ2v) is 7.03. The highest BCUT2D eigenvalue weighted by atomic mass is 16.7. The molecular formula is C22H28O6. The van der Waals surface area contributed by atoms with Crippen molar-refractivity contribution in [2.75, 3.05) is 13.7 Å². The Morgan fingerprint density at radius 3 is 1.96 bits per heavy atom. The molecule has 1 saturated heterocycles. The smallest absolute Gasteiger partial charge is 0.194 e. The summed E-state index contributed by atoms with van der Waals surface area (Å²) in [6, 6.07) is 19.4. The van der Waals surface area contributed by atoms with Gasteiger partial charge in [-0.1, -0.05) is 60.7 Å². The summed E-state index contributed by atoms with van der Waals surface area (Å²) in [4.78, 5) is 0. The SMILES string of the molecule is CO[C@]1(C)O[C@H](CO)[C@@H](O)[C@H](OCc2ccccc2)[C@H]1OCc1ccccc1. The lowest BCUT2D eigenvalue weighted by molar-refractivity contribution is -0.364. The molecule has 6 nitrogen and oxygen atoms in total. The Morgan fingerprint density at radius 1 is 0.929 bits per heavy atom. The van der Waals surface area contributed by atoms with Crippen LogP contribution in [-0.4, -0.2) is 54.1 Å². The highest BCUT2D eigenvalue weighted by Crippen LogP contribution is 2.35. The van der Waals surface area contributed by atoms with Crippen LogP contribution in [0.5, 0.6) is 0 Å². The molecule has 0 unspecified atom stereocenters. The third-order valence-electron chi connectivity index (χ3n) is 5.06. The van der Waals surface area contributed by atoms with Crippen LogP contribution in [-0.2, 0) is 32.2 Å². The molecule has 28 heavy (non-hydrogen) atoms. The lowest BCUT2D eigenvalue weighted by atomic mass is 9.92. The predicted molar refractivity (Wildman–Crippen MR) is 103 cm³/mol. The molecule has 0 radical (unpaired) electrons. The van der Waals surface area contributed by atoms with Crippen molar-refractivity contribution in [1.29, 1.82) is 0 Å². The molecule has 0 amide bonds. The average Bonchev–Trinajstić information content (AvgIpc) is 2.74. The Kier molecular flexibility index (Phi) is 7.18. The minimum atomic E-state index is -1.18. The average molecular weight is 388 g/mol. The molecule has 5 atom stereocenters. The highest BCUT2D eigenvalue weighted by Gasteiger charge is 2.53. The van der Waals surface area contributed by atoms with Gasteiger partial charge < -0.3 is 29.2 Å². The fourth-order valence-corrected chi connectivity index (χ4v) is 3.40. The summed E-state index contributed by atoms with van der Waals surface area (Å²) in [6.07, 6.45) is -3.32. The van der Waals surface area contributed by atoms with E-state index in [0.29, 0.717) is 13.2 Å². The summed E-state index contributed by atoms with van der Waals surface area (Å²) < 4.78 is 23.6. The van der Waals surface area contributed by atoms with Crippen LogP contribution >= 0.6 is 0 Å². The molecule has 2 aromatic carbocycles. The van der Waals surface area contributed by atoms with Gasteiger partial charge in [-0.2, -0.15) is 0 Å². The first-order chi connectivity index (χ1) is 13.6. The molecule has 1 fully saturated rings. The first kappa shape index (κ1) is 20.9. The summed E-state index contributed by atoms with van der Waals surface area (Å²) in [5.41, 5.74) is 1.96. The summed E-state index contributed by atoms with van der Waals surface area (Å²) in [7, 11) is 1.51. The van der Waals surface area contributed by atoms with E-state index in [0.717, 1.165) is 11.1 Å². The molecule has 1 aliphatic heterocycles. The van der Waals surface area contributed by atoms with Crippen molar-refractivity contribution >= 4 is 0 Å². The van der Waals surface area contributed by atoms with Crippen molar-refractivity contribution < 1.29 is 29.2 Å². The second kappa shape index (κ2) is 9.60. The maximum absolute atomic E-state index is 10.8. The van der Waals surface area contributed by atoms with Crippen LogP contribution in [0.25, 0.3) is 0 Å². The van der Waals surface area contributed by atoms with Crippen LogP contribution in [0.3, 0.4) is 0 Å². The third kappa shape index (κ3) is 4.78. The number of ether oxygens (including phenoxy) is 4. The Morgan fingerprint density at radius 2 is 1.46 bits per heavy atom. The fraction of sp³-hybridized carbons (Fsp3) is 0.455. The molecule has 6 heteroatoms. The maximum Gasteiger partial charge on any atom is 0.194 e. The summed E-state index contributed by atoms with van der Waals surface area (Å²) >= 11 is 0. The molecular weight excluding hydrogens is 360 g/mol. The van der Waals surface area contributed by atoms with Crippen LogP contribution in [0.1, 0.15) is 18.1 Å². The van der Waals surface area contributed by atoms with E-state index in [1.807, 2.05) is 60.7 Å². The van der Waals surface area contributed by atoms with Crippen molar-refractivity contribution in [1.82, 2.24) is 0 Å². The van der Waals surface area contributed by atoms with Gasteiger partial charge in [-0.3, -0.25) is 0 Å². The third-order valence-corrected chi connectivity index (χ3v) is 5.06. The minimum Gasteiger partial charge on any atom is -0.394 e. The van der Waals surface area contributed by atoms with Crippen molar-refractivity contribution in [3.05, 3.63) is 71.8 Å². The molecule has 1 heterocycles. The fourth-order valence-electron chi connectivity index (χ4n) is 3.40. The van der Waals surface area contributed by atoms with Gasteiger partial charge in [-0.25, -0.2) is 0 Å². The van der Waals surface area contributed by atoms with Crippen molar-refractivity contribution in [2.45, 2.75) is 50.3 Å². The van der Waals surface area contributed by atoms with Gasteiger partial charge in [0.15, 0.2) is 5.79 Å². The van der Waals surface area contributed by atoms with E-state index in [4.69, 9.17) is 18.9 Å². The van der Waals surface area contributed by atoms with E-state index >= 15 is 0 Å². The van der Waals surface area contributed by atoms with Gasteiger partial charge in [-0.15, -0.1) is 0 Å². The Labute approximate surface area is 165 Å². The number of hydrogen-bond acceptors (Lipinski definition) is 6. The highest BCUT2D eigenvalue weighted by molar-refractivity contribution is 5.15. The number of rotatable bonds is 8. The van der Waals surface area contributed by atoms with Gasteiger partial charge >= 0.3 is 0 Å². The number of benzene rings is 2. The van der Waals surface area contributed by atoms with Crippen LogP contribution in [0.4, 0.5) is 0 Å². The number of aliphatic hydroxyl groups excluding tert-OH is 2. The predicted octanol–water partition coefficient (Wildman–Crippen LogP) is 2.27. The van der Waals surface area contributed by atoms with E-state index in [1.54, 1.807) is 6.92 Å². The van der Waals surface area contributed by atoms with E-state index in [-0.39, 0.29) is 6.61 Å². The first-order valence-electron chi connectivity index (χ1n) is 9.40. The molecule has 0 saturated carbocycles. The largest absolute Gasteiger partial charge is 0.394 e. The number of methoxy groups -OCH3 is 1. The van der Waals surface area contributed by atoms with Crippen LogP contribution in [0, 0.1) is 0 Å². The van der Waals surface area contributed by atoms with Crippen LogP contribution in [0.2, 0.25) is 0 Å². The van der Waals surface area contributed by atoms with E-state index in [9.17, 15) is 10.2 Å². The zero-order valence-corrected chi connectivity index (χ0v) is 16.2.